The zero-order valence-corrected chi connectivity index (χ0v) is 15.7. The Labute approximate surface area is 162 Å². The van der Waals surface area contributed by atoms with Crippen molar-refractivity contribution in [3.05, 3.63) is 70.7 Å². The number of nitrogens with zero attached hydrogens (tertiary/aromatic N) is 5. The lowest BCUT2D eigenvalue weighted by Gasteiger charge is -2.01. The number of amides is 1. The summed E-state index contributed by atoms with van der Waals surface area (Å²) >= 11 is 3.35. The van der Waals surface area contributed by atoms with E-state index in [1.54, 1.807) is 23.0 Å². The minimum Gasteiger partial charge on any atom is -0.328 e. The van der Waals surface area contributed by atoms with Crippen molar-refractivity contribution in [1.29, 1.82) is 0 Å². The highest BCUT2D eigenvalue weighted by molar-refractivity contribution is 9.10. The Kier molecular flexibility index (Phi) is 4.51. The maximum atomic E-state index is 12.3. The smallest absolute Gasteiger partial charge is 0.316 e. The van der Waals surface area contributed by atoms with Crippen LogP contribution in [0.25, 0.3) is 17.2 Å². The fourth-order valence-electron chi connectivity index (χ4n) is 2.36. The third kappa shape index (κ3) is 3.77. The second-order valence-corrected chi connectivity index (χ2v) is 6.69. The molecule has 0 aliphatic heterocycles. The molecule has 2 aromatic heterocycles. The molecule has 2 heterocycles. The minimum absolute atomic E-state index is 0.158. The van der Waals surface area contributed by atoms with Crippen molar-refractivity contribution in [2.45, 2.75) is 6.92 Å². The Morgan fingerprint density at radius 1 is 1.19 bits per heavy atom. The third-order valence-corrected chi connectivity index (χ3v) is 4.22. The molecule has 9 heteroatoms. The van der Waals surface area contributed by atoms with Crippen molar-refractivity contribution >= 4 is 27.5 Å². The summed E-state index contributed by atoms with van der Waals surface area (Å²) in [6.07, 6.45) is 1.67. The second kappa shape index (κ2) is 7.12. The highest BCUT2D eigenvalue weighted by Gasteiger charge is 2.18. The fraction of sp³-hybridized carbons (Fsp3) is 0.0556. The summed E-state index contributed by atoms with van der Waals surface area (Å²) in [5, 5.41) is 14.6. The van der Waals surface area contributed by atoms with Crippen LogP contribution in [0.1, 0.15) is 16.2 Å². The number of carbonyl (C=O) groups is 1. The molecule has 0 radical (unpaired) electrons. The Morgan fingerprint density at radius 2 is 2.00 bits per heavy atom. The zero-order valence-electron chi connectivity index (χ0n) is 14.1. The van der Waals surface area contributed by atoms with E-state index in [4.69, 9.17) is 4.52 Å². The predicted octanol–water partition coefficient (Wildman–Crippen LogP) is 3.64. The van der Waals surface area contributed by atoms with Crippen LogP contribution >= 0.6 is 15.9 Å². The summed E-state index contributed by atoms with van der Waals surface area (Å²) in [5.74, 6) is -0.472. The normalized spacial score (nSPS) is 10.7. The molecule has 0 bridgehead atoms. The standard InChI is InChI=1S/C18H13BrN6O2/c1-11-5-7-14(8-6-11)25-10-15(22-24-25)16-21-18(27-23-16)17(26)20-13-4-2-3-12(19)9-13/h2-10H,1H3,(H,20,26). The number of aryl methyl sites for hydroxylation is 1. The monoisotopic (exact) mass is 424 g/mol. The summed E-state index contributed by atoms with van der Waals surface area (Å²) in [7, 11) is 0. The van der Waals surface area contributed by atoms with Crippen LogP contribution in [0.5, 0.6) is 0 Å². The maximum absolute atomic E-state index is 12.3. The van der Waals surface area contributed by atoms with Crippen LogP contribution in [0.4, 0.5) is 5.69 Å². The van der Waals surface area contributed by atoms with Crippen LogP contribution in [-0.4, -0.2) is 31.0 Å². The van der Waals surface area contributed by atoms with Crippen LogP contribution in [0.3, 0.4) is 0 Å². The van der Waals surface area contributed by atoms with Gasteiger partial charge in [0.15, 0.2) is 5.69 Å². The second-order valence-electron chi connectivity index (χ2n) is 5.77. The van der Waals surface area contributed by atoms with Crippen molar-refractivity contribution < 1.29 is 9.32 Å². The fourth-order valence-corrected chi connectivity index (χ4v) is 2.76. The van der Waals surface area contributed by atoms with Gasteiger partial charge in [0.05, 0.1) is 11.9 Å². The van der Waals surface area contributed by atoms with Crippen molar-refractivity contribution in [3.63, 3.8) is 0 Å². The maximum Gasteiger partial charge on any atom is 0.316 e. The van der Waals surface area contributed by atoms with Gasteiger partial charge in [-0.2, -0.15) is 4.98 Å². The van der Waals surface area contributed by atoms with Gasteiger partial charge in [-0.05, 0) is 37.3 Å². The largest absolute Gasteiger partial charge is 0.328 e. The molecule has 1 N–H and O–H groups in total. The number of carbonyl (C=O) groups excluding carboxylic acids is 1. The number of hydrogen-bond acceptors (Lipinski definition) is 6. The SMILES string of the molecule is Cc1ccc(-n2cc(-c3noc(C(=O)Nc4cccc(Br)c4)n3)nn2)cc1. The number of rotatable bonds is 4. The summed E-state index contributed by atoms with van der Waals surface area (Å²) in [6, 6.07) is 15.0. The van der Waals surface area contributed by atoms with Crippen molar-refractivity contribution in [1.82, 2.24) is 25.1 Å². The molecule has 0 saturated carbocycles. The molecule has 134 valence electrons. The first-order valence-corrected chi connectivity index (χ1v) is 8.78. The molecular formula is C18H13BrN6O2. The number of anilines is 1. The molecule has 4 aromatic rings. The van der Waals surface area contributed by atoms with E-state index in [1.807, 2.05) is 43.3 Å². The molecule has 8 nitrogen and oxygen atoms in total. The highest BCUT2D eigenvalue weighted by atomic mass is 79.9. The molecule has 1 amide bonds. The number of benzene rings is 2. The molecule has 2 aromatic carbocycles. The quantitative estimate of drug-likeness (QED) is 0.536. The van der Waals surface area contributed by atoms with E-state index in [9.17, 15) is 4.79 Å². The molecule has 27 heavy (non-hydrogen) atoms. The first kappa shape index (κ1) is 17.1. The zero-order chi connectivity index (χ0) is 18.8. The topological polar surface area (TPSA) is 98.7 Å². The molecule has 0 atom stereocenters. The lowest BCUT2D eigenvalue weighted by atomic mass is 10.2. The summed E-state index contributed by atoms with van der Waals surface area (Å²) in [4.78, 5) is 16.4. The van der Waals surface area contributed by atoms with E-state index in [1.165, 1.54) is 0 Å². The molecule has 0 saturated heterocycles. The van der Waals surface area contributed by atoms with Gasteiger partial charge in [0.1, 0.15) is 0 Å². The molecule has 0 aliphatic carbocycles. The average molecular weight is 425 g/mol. The van der Waals surface area contributed by atoms with E-state index in [2.05, 4.69) is 41.7 Å². The third-order valence-electron chi connectivity index (χ3n) is 3.72. The lowest BCUT2D eigenvalue weighted by molar-refractivity contribution is 0.0981. The summed E-state index contributed by atoms with van der Waals surface area (Å²) < 4.78 is 7.50. The Hall–Kier alpha value is -3.33. The van der Waals surface area contributed by atoms with E-state index in [0.29, 0.717) is 11.4 Å². The van der Waals surface area contributed by atoms with E-state index < -0.39 is 5.91 Å². The van der Waals surface area contributed by atoms with Gasteiger partial charge in [0.2, 0.25) is 5.82 Å². The van der Waals surface area contributed by atoms with Crippen LogP contribution in [0, 0.1) is 6.92 Å². The summed E-state index contributed by atoms with van der Waals surface area (Å²) in [5.41, 5.74) is 3.02. The predicted molar refractivity (Wildman–Crippen MR) is 101 cm³/mol. The van der Waals surface area contributed by atoms with Crippen LogP contribution in [-0.2, 0) is 0 Å². The molecule has 4 rings (SSSR count). The van der Waals surface area contributed by atoms with Gasteiger partial charge in [-0.15, -0.1) is 5.10 Å². The first-order chi connectivity index (χ1) is 13.1. The first-order valence-electron chi connectivity index (χ1n) is 7.99. The van der Waals surface area contributed by atoms with E-state index >= 15 is 0 Å². The molecule has 0 spiro atoms. The van der Waals surface area contributed by atoms with Gasteiger partial charge in [-0.1, -0.05) is 50.1 Å². The minimum atomic E-state index is -0.502. The van der Waals surface area contributed by atoms with Gasteiger partial charge in [-0.25, -0.2) is 4.68 Å². The molecule has 0 fully saturated rings. The van der Waals surface area contributed by atoms with Gasteiger partial charge in [-0.3, -0.25) is 4.79 Å². The Bertz CT molecular complexity index is 1100. The molecule has 0 unspecified atom stereocenters. The number of hydrogen-bond donors (Lipinski definition) is 1. The van der Waals surface area contributed by atoms with Crippen LogP contribution in [0.2, 0.25) is 0 Å². The van der Waals surface area contributed by atoms with Crippen LogP contribution < -0.4 is 5.32 Å². The number of halogens is 1. The van der Waals surface area contributed by atoms with E-state index in [-0.39, 0.29) is 11.7 Å². The van der Waals surface area contributed by atoms with Gasteiger partial charge in [0.25, 0.3) is 0 Å². The Balaban J connectivity index is 1.52. The summed E-state index contributed by atoms with van der Waals surface area (Å²) in [6.45, 7) is 2.01. The highest BCUT2D eigenvalue weighted by Crippen LogP contribution is 2.18. The van der Waals surface area contributed by atoms with Gasteiger partial charge < -0.3 is 9.84 Å². The van der Waals surface area contributed by atoms with Crippen molar-refractivity contribution in [3.8, 4) is 17.2 Å². The van der Waals surface area contributed by atoms with E-state index in [0.717, 1.165) is 15.7 Å². The Morgan fingerprint density at radius 3 is 2.78 bits per heavy atom. The van der Waals surface area contributed by atoms with Crippen molar-refractivity contribution in [2.24, 2.45) is 0 Å². The number of aromatic nitrogens is 5. The van der Waals surface area contributed by atoms with Gasteiger partial charge in [0, 0.05) is 10.2 Å². The van der Waals surface area contributed by atoms with Crippen LogP contribution in [0.15, 0.2) is 63.7 Å². The number of nitrogens with one attached hydrogen (secondary N) is 1. The lowest BCUT2D eigenvalue weighted by Crippen LogP contribution is -2.12. The van der Waals surface area contributed by atoms with Crippen molar-refractivity contribution in [2.75, 3.05) is 5.32 Å². The average Bonchev–Trinajstić information content (AvgIpc) is 3.32. The molecule has 0 aliphatic rings. The molecular weight excluding hydrogens is 412 g/mol. The van der Waals surface area contributed by atoms with Gasteiger partial charge >= 0.3 is 11.8 Å².